The highest BCUT2D eigenvalue weighted by atomic mass is 32.2. The van der Waals surface area contributed by atoms with Gasteiger partial charge in [0.1, 0.15) is 6.54 Å². The minimum Gasteiger partial charge on any atom is -0.349 e. The molecule has 0 saturated heterocycles. The number of aryl methyl sites for hydroxylation is 1. The molecule has 4 rings (SSSR count). The highest BCUT2D eigenvalue weighted by Crippen LogP contribution is 2.31. The van der Waals surface area contributed by atoms with E-state index in [1.54, 1.807) is 30.3 Å². The molecule has 1 aromatic heterocycles. The van der Waals surface area contributed by atoms with Crippen LogP contribution in [-0.4, -0.2) is 27.4 Å². The van der Waals surface area contributed by atoms with Crippen LogP contribution >= 0.6 is 11.8 Å². The molecule has 3 aromatic rings. The van der Waals surface area contributed by atoms with Crippen LogP contribution in [0.4, 0.5) is 13.2 Å². The largest absolute Gasteiger partial charge is 0.406 e. The normalized spacial score (nSPS) is 16.0. The Morgan fingerprint density at radius 3 is 2.65 bits per heavy atom. The standard InChI is InChI=1S/C23H22F3N3OS/c24-23(25,26)15-29-20(17-8-2-1-3-9-17)13-27-22(29)31-14-21(30)28-19-12-6-10-16-7-4-5-11-18(16)19/h1-5,7-9,11,13,19H,6,10,12,14-15H2,(H,28,30). The zero-order valence-corrected chi connectivity index (χ0v) is 17.5. The van der Waals surface area contributed by atoms with E-state index in [2.05, 4.69) is 16.4 Å². The number of nitrogens with one attached hydrogen (secondary N) is 1. The lowest BCUT2D eigenvalue weighted by Gasteiger charge is -2.26. The molecule has 8 heteroatoms. The zero-order chi connectivity index (χ0) is 21.8. The Morgan fingerprint density at radius 1 is 1.13 bits per heavy atom. The third-order valence-electron chi connectivity index (χ3n) is 5.26. The summed E-state index contributed by atoms with van der Waals surface area (Å²) in [5.41, 5.74) is 3.38. The minimum absolute atomic E-state index is 0.00175. The number of hydrogen-bond donors (Lipinski definition) is 1. The van der Waals surface area contributed by atoms with E-state index >= 15 is 0 Å². The van der Waals surface area contributed by atoms with Crippen molar-refractivity contribution in [2.75, 3.05) is 5.75 Å². The molecular weight excluding hydrogens is 423 g/mol. The first kappa shape index (κ1) is 21.5. The minimum atomic E-state index is -4.40. The van der Waals surface area contributed by atoms with Gasteiger partial charge in [0, 0.05) is 0 Å². The number of hydrogen-bond acceptors (Lipinski definition) is 3. The molecule has 1 N–H and O–H groups in total. The van der Waals surface area contributed by atoms with Gasteiger partial charge in [-0.2, -0.15) is 13.2 Å². The van der Waals surface area contributed by atoms with Gasteiger partial charge in [-0.1, -0.05) is 66.4 Å². The fraction of sp³-hybridized carbons (Fsp3) is 0.304. The second kappa shape index (κ2) is 9.18. The van der Waals surface area contributed by atoms with Crippen LogP contribution in [0.1, 0.15) is 30.0 Å². The van der Waals surface area contributed by atoms with Crippen molar-refractivity contribution >= 4 is 17.7 Å². The summed E-state index contributed by atoms with van der Waals surface area (Å²) >= 11 is 1.02. The SMILES string of the molecule is O=C(CSc1ncc(-c2ccccc2)n1CC(F)(F)F)NC1CCCc2ccccc21. The number of carbonyl (C=O) groups is 1. The molecule has 31 heavy (non-hydrogen) atoms. The third kappa shape index (κ3) is 5.31. The molecular formula is C23H22F3N3OS. The maximum absolute atomic E-state index is 13.2. The third-order valence-corrected chi connectivity index (χ3v) is 6.25. The summed E-state index contributed by atoms with van der Waals surface area (Å²) in [6, 6.07) is 16.8. The lowest BCUT2D eigenvalue weighted by atomic mass is 9.88. The maximum atomic E-state index is 13.2. The van der Waals surface area contributed by atoms with Gasteiger partial charge < -0.3 is 9.88 Å². The van der Waals surface area contributed by atoms with Crippen LogP contribution in [0.25, 0.3) is 11.3 Å². The number of nitrogens with zero attached hydrogens (tertiary/aromatic N) is 2. The van der Waals surface area contributed by atoms with Crippen LogP contribution < -0.4 is 5.32 Å². The Hall–Kier alpha value is -2.74. The van der Waals surface area contributed by atoms with Gasteiger partial charge in [0.05, 0.1) is 23.7 Å². The Morgan fingerprint density at radius 2 is 1.87 bits per heavy atom. The molecule has 0 fully saturated rings. The Bertz CT molecular complexity index is 1050. The first-order valence-electron chi connectivity index (χ1n) is 10.1. The van der Waals surface area contributed by atoms with E-state index in [9.17, 15) is 18.0 Å². The van der Waals surface area contributed by atoms with Crippen molar-refractivity contribution in [3.63, 3.8) is 0 Å². The molecule has 1 heterocycles. The van der Waals surface area contributed by atoms with Crippen molar-refractivity contribution in [1.29, 1.82) is 0 Å². The van der Waals surface area contributed by atoms with Crippen LogP contribution in [0.3, 0.4) is 0 Å². The van der Waals surface area contributed by atoms with Gasteiger partial charge in [-0.15, -0.1) is 0 Å². The summed E-state index contributed by atoms with van der Waals surface area (Å²) in [4.78, 5) is 16.8. The van der Waals surface area contributed by atoms with E-state index in [0.717, 1.165) is 41.2 Å². The monoisotopic (exact) mass is 445 g/mol. The van der Waals surface area contributed by atoms with Crippen molar-refractivity contribution in [2.24, 2.45) is 0 Å². The fourth-order valence-electron chi connectivity index (χ4n) is 3.92. The lowest BCUT2D eigenvalue weighted by Crippen LogP contribution is -2.32. The molecule has 1 amide bonds. The fourth-order valence-corrected chi connectivity index (χ4v) is 4.70. The molecule has 1 atom stereocenters. The summed E-state index contributed by atoms with van der Waals surface area (Å²) in [7, 11) is 0. The van der Waals surface area contributed by atoms with Crippen molar-refractivity contribution < 1.29 is 18.0 Å². The summed E-state index contributed by atoms with van der Waals surface area (Å²) < 4.78 is 40.7. The molecule has 0 radical (unpaired) electrons. The number of imidazole rings is 1. The molecule has 0 saturated carbocycles. The number of rotatable bonds is 6. The molecule has 4 nitrogen and oxygen atoms in total. The van der Waals surface area contributed by atoms with Crippen LogP contribution in [0.2, 0.25) is 0 Å². The summed E-state index contributed by atoms with van der Waals surface area (Å²) in [5, 5.41) is 3.21. The number of fused-ring (bicyclic) bond motifs is 1. The van der Waals surface area contributed by atoms with Gasteiger partial charge >= 0.3 is 6.18 Å². The summed E-state index contributed by atoms with van der Waals surface area (Å²) in [6.45, 7) is -1.16. The first-order valence-corrected chi connectivity index (χ1v) is 11.1. The van der Waals surface area contributed by atoms with E-state index in [-0.39, 0.29) is 22.9 Å². The van der Waals surface area contributed by atoms with Crippen LogP contribution in [0.15, 0.2) is 66.0 Å². The number of alkyl halides is 3. The highest BCUT2D eigenvalue weighted by molar-refractivity contribution is 7.99. The van der Waals surface area contributed by atoms with Gasteiger partial charge in [-0.3, -0.25) is 4.79 Å². The summed E-state index contributed by atoms with van der Waals surface area (Å²) in [6.07, 6.45) is -0.124. The average Bonchev–Trinajstić information content (AvgIpc) is 3.14. The molecule has 1 aliphatic rings. The topological polar surface area (TPSA) is 46.9 Å². The average molecular weight is 446 g/mol. The van der Waals surface area contributed by atoms with E-state index in [0.29, 0.717) is 11.3 Å². The molecule has 0 aliphatic heterocycles. The molecule has 162 valence electrons. The number of halogens is 3. The van der Waals surface area contributed by atoms with Crippen molar-refractivity contribution in [1.82, 2.24) is 14.9 Å². The van der Waals surface area contributed by atoms with Gasteiger partial charge in [-0.25, -0.2) is 4.98 Å². The summed E-state index contributed by atoms with van der Waals surface area (Å²) in [5.74, 6) is -0.212. The smallest absolute Gasteiger partial charge is 0.349 e. The Balaban J connectivity index is 1.47. The number of benzene rings is 2. The van der Waals surface area contributed by atoms with E-state index in [1.165, 1.54) is 11.8 Å². The van der Waals surface area contributed by atoms with Gasteiger partial charge in [0.25, 0.3) is 0 Å². The van der Waals surface area contributed by atoms with E-state index < -0.39 is 12.7 Å². The molecule has 0 bridgehead atoms. The highest BCUT2D eigenvalue weighted by Gasteiger charge is 2.31. The zero-order valence-electron chi connectivity index (χ0n) is 16.7. The molecule has 1 aliphatic carbocycles. The second-order valence-electron chi connectivity index (χ2n) is 7.49. The molecule has 2 aromatic carbocycles. The van der Waals surface area contributed by atoms with Gasteiger partial charge in [0.15, 0.2) is 5.16 Å². The van der Waals surface area contributed by atoms with Gasteiger partial charge in [0.2, 0.25) is 5.91 Å². The number of carbonyl (C=O) groups excluding carboxylic acids is 1. The predicted octanol–water partition coefficient (Wildman–Crippen LogP) is 5.40. The van der Waals surface area contributed by atoms with Crippen LogP contribution in [0, 0.1) is 0 Å². The Kier molecular flexibility index (Phi) is 6.36. The number of aromatic nitrogens is 2. The van der Waals surface area contributed by atoms with E-state index in [4.69, 9.17) is 0 Å². The van der Waals surface area contributed by atoms with Crippen molar-refractivity contribution in [2.45, 2.75) is 43.2 Å². The first-order chi connectivity index (χ1) is 14.9. The Labute approximate surface area is 182 Å². The number of amides is 1. The van der Waals surface area contributed by atoms with Crippen LogP contribution in [-0.2, 0) is 17.8 Å². The number of thioether (sulfide) groups is 1. The lowest BCUT2D eigenvalue weighted by molar-refractivity contribution is -0.141. The molecule has 1 unspecified atom stereocenters. The quantitative estimate of drug-likeness (QED) is 0.517. The second-order valence-corrected chi connectivity index (χ2v) is 8.44. The predicted molar refractivity (Wildman–Crippen MR) is 115 cm³/mol. The van der Waals surface area contributed by atoms with Crippen LogP contribution in [0.5, 0.6) is 0 Å². The van der Waals surface area contributed by atoms with Gasteiger partial charge in [-0.05, 0) is 36.0 Å². The van der Waals surface area contributed by atoms with Crippen molar-refractivity contribution in [3.05, 3.63) is 71.9 Å². The maximum Gasteiger partial charge on any atom is 0.406 e. The van der Waals surface area contributed by atoms with Crippen molar-refractivity contribution in [3.8, 4) is 11.3 Å². The molecule has 0 spiro atoms. The van der Waals surface area contributed by atoms with E-state index in [1.807, 2.05) is 18.2 Å².